The van der Waals surface area contributed by atoms with Crippen LogP contribution in [0.2, 0.25) is 0 Å². The van der Waals surface area contributed by atoms with Crippen LogP contribution in [-0.2, 0) is 0 Å². The molecule has 2 rings (SSSR count). The first kappa shape index (κ1) is 13.9. The minimum absolute atomic E-state index is 0.0460. The van der Waals surface area contributed by atoms with E-state index in [1.165, 1.54) is 12.2 Å². The van der Waals surface area contributed by atoms with E-state index in [-0.39, 0.29) is 11.9 Å². The zero-order valence-corrected chi connectivity index (χ0v) is 12.2. The van der Waals surface area contributed by atoms with Gasteiger partial charge in [0.05, 0.1) is 0 Å². The minimum Gasteiger partial charge on any atom is -0.310 e. The smallest absolute Gasteiger partial charge is 0.128 e. The van der Waals surface area contributed by atoms with Crippen molar-refractivity contribution in [2.45, 2.75) is 33.2 Å². The van der Waals surface area contributed by atoms with Crippen LogP contribution in [0.25, 0.3) is 0 Å². The van der Waals surface area contributed by atoms with Crippen molar-refractivity contribution in [3.63, 3.8) is 0 Å². The van der Waals surface area contributed by atoms with Gasteiger partial charge in [0.2, 0.25) is 0 Å². The molecule has 0 saturated carbocycles. The van der Waals surface area contributed by atoms with Crippen molar-refractivity contribution < 1.29 is 4.39 Å². The topological polar surface area (TPSA) is 12.0 Å². The standard InChI is InChI=1S/C15H22FNS/c1-4-17-15(12-5-6-18-9-12)14-11(3)7-10(2)8-13(14)16/h7-8,12,15,17H,4-6,9H2,1-3H3. The van der Waals surface area contributed by atoms with Crippen LogP contribution >= 0.6 is 11.8 Å². The molecule has 1 aromatic rings. The summed E-state index contributed by atoms with van der Waals surface area (Å²) in [6, 6.07) is 3.92. The van der Waals surface area contributed by atoms with Crippen LogP contribution in [0.1, 0.15) is 36.1 Å². The highest BCUT2D eigenvalue weighted by atomic mass is 32.2. The molecule has 0 spiro atoms. The van der Waals surface area contributed by atoms with Crippen molar-refractivity contribution in [2.24, 2.45) is 5.92 Å². The molecule has 1 nitrogen and oxygen atoms in total. The number of aryl methyl sites for hydroxylation is 2. The van der Waals surface area contributed by atoms with Gasteiger partial charge in [0.15, 0.2) is 0 Å². The monoisotopic (exact) mass is 267 g/mol. The molecule has 3 heteroatoms. The summed E-state index contributed by atoms with van der Waals surface area (Å²) in [7, 11) is 0. The van der Waals surface area contributed by atoms with E-state index in [1.54, 1.807) is 6.07 Å². The third-order valence-corrected chi connectivity index (χ3v) is 4.84. The molecule has 1 aliphatic heterocycles. The summed E-state index contributed by atoms with van der Waals surface area (Å²) in [5.74, 6) is 2.87. The molecule has 1 fully saturated rings. The van der Waals surface area contributed by atoms with E-state index in [1.807, 2.05) is 25.6 Å². The predicted octanol–water partition coefficient (Wildman–Crippen LogP) is 3.85. The Hall–Kier alpha value is -0.540. The summed E-state index contributed by atoms with van der Waals surface area (Å²) in [6.45, 7) is 6.96. The second-order valence-corrected chi connectivity index (χ2v) is 6.29. The average Bonchev–Trinajstić information content (AvgIpc) is 2.79. The number of rotatable bonds is 4. The molecule has 1 N–H and O–H groups in total. The quantitative estimate of drug-likeness (QED) is 0.889. The van der Waals surface area contributed by atoms with Gasteiger partial charge in [-0.2, -0.15) is 11.8 Å². The molecule has 1 heterocycles. The molecule has 0 aromatic heterocycles. The Morgan fingerprint density at radius 2 is 2.22 bits per heavy atom. The number of benzene rings is 1. The number of hydrogen-bond acceptors (Lipinski definition) is 2. The fraction of sp³-hybridized carbons (Fsp3) is 0.600. The molecule has 0 radical (unpaired) electrons. The number of hydrogen-bond donors (Lipinski definition) is 1. The lowest BCUT2D eigenvalue weighted by Crippen LogP contribution is -2.29. The molecule has 2 atom stereocenters. The molecule has 0 amide bonds. The highest BCUT2D eigenvalue weighted by Gasteiger charge is 2.29. The highest BCUT2D eigenvalue weighted by molar-refractivity contribution is 7.99. The molecule has 0 bridgehead atoms. The van der Waals surface area contributed by atoms with Gasteiger partial charge >= 0.3 is 0 Å². The molecular formula is C15H22FNS. The first-order valence-electron chi connectivity index (χ1n) is 6.71. The summed E-state index contributed by atoms with van der Waals surface area (Å²) >= 11 is 1.98. The molecule has 1 saturated heterocycles. The summed E-state index contributed by atoms with van der Waals surface area (Å²) in [4.78, 5) is 0. The Bertz CT molecular complexity index is 390. The molecule has 100 valence electrons. The zero-order chi connectivity index (χ0) is 13.1. The summed E-state index contributed by atoms with van der Waals surface area (Å²) < 4.78 is 14.3. The van der Waals surface area contributed by atoms with Crippen LogP contribution in [0.3, 0.4) is 0 Å². The third kappa shape index (κ3) is 2.89. The average molecular weight is 267 g/mol. The summed E-state index contributed by atoms with van der Waals surface area (Å²) in [6.07, 6.45) is 1.19. The first-order valence-corrected chi connectivity index (χ1v) is 7.86. The van der Waals surface area contributed by atoms with Crippen LogP contribution < -0.4 is 5.32 Å². The van der Waals surface area contributed by atoms with Crippen LogP contribution in [0.5, 0.6) is 0 Å². The molecule has 0 aliphatic carbocycles. The van der Waals surface area contributed by atoms with E-state index < -0.39 is 0 Å². The molecule has 18 heavy (non-hydrogen) atoms. The lowest BCUT2D eigenvalue weighted by molar-refractivity contribution is 0.386. The van der Waals surface area contributed by atoms with Gasteiger partial charge in [0, 0.05) is 11.6 Å². The van der Waals surface area contributed by atoms with Crippen molar-refractivity contribution in [2.75, 3.05) is 18.1 Å². The maximum absolute atomic E-state index is 14.3. The largest absolute Gasteiger partial charge is 0.310 e. The SMILES string of the molecule is CCNC(c1c(C)cc(C)cc1F)C1CCSC1. The third-order valence-electron chi connectivity index (χ3n) is 3.65. The van der Waals surface area contributed by atoms with E-state index in [4.69, 9.17) is 0 Å². The van der Waals surface area contributed by atoms with Crippen LogP contribution in [0.4, 0.5) is 4.39 Å². The number of nitrogens with one attached hydrogen (secondary N) is 1. The van der Waals surface area contributed by atoms with Crippen molar-refractivity contribution in [1.29, 1.82) is 0 Å². The van der Waals surface area contributed by atoms with Gasteiger partial charge in [-0.3, -0.25) is 0 Å². The van der Waals surface area contributed by atoms with Crippen molar-refractivity contribution >= 4 is 11.8 Å². The van der Waals surface area contributed by atoms with E-state index >= 15 is 0 Å². The Labute approximate surface area is 114 Å². The maximum Gasteiger partial charge on any atom is 0.128 e. The fourth-order valence-electron chi connectivity index (χ4n) is 2.86. The van der Waals surface area contributed by atoms with Crippen LogP contribution in [0, 0.1) is 25.6 Å². The highest BCUT2D eigenvalue weighted by Crippen LogP contribution is 2.36. The van der Waals surface area contributed by atoms with Gasteiger partial charge in [-0.05, 0) is 61.4 Å². The molecular weight excluding hydrogens is 245 g/mol. The van der Waals surface area contributed by atoms with Gasteiger partial charge in [0.1, 0.15) is 5.82 Å². The second-order valence-electron chi connectivity index (χ2n) is 5.14. The minimum atomic E-state index is -0.0460. The molecule has 1 aromatic carbocycles. The number of thioether (sulfide) groups is 1. The lowest BCUT2D eigenvalue weighted by atomic mass is 9.88. The molecule has 2 unspecified atom stereocenters. The predicted molar refractivity (Wildman–Crippen MR) is 77.7 cm³/mol. The van der Waals surface area contributed by atoms with Gasteiger partial charge in [-0.15, -0.1) is 0 Å². The Kier molecular flexibility index (Phi) is 4.68. The summed E-state index contributed by atoms with van der Waals surface area (Å²) in [5, 5.41) is 3.49. The Balaban J connectivity index is 2.35. The lowest BCUT2D eigenvalue weighted by Gasteiger charge is -2.26. The van der Waals surface area contributed by atoms with Gasteiger partial charge < -0.3 is 5.32 Å². The van der Waals surface area contributed by atoms with Gasteiger partial charge in [-0.25, -0.2) is 4.39 Å². The van der Waals surface area contributed by atoms with E-state index in [0.29, 0.717) is 5.92 Å². The fourth-order valence-corrected chi connectivity index (χ4v) is 4.16. The maximum atomic E-state index is 14.3. The zero-order valence-electron chi connectivity index (χ0n) is 11.4. The first-order chi connectivity index (χ1) is 8.63. The van der Waals surface area contributed by atoms with E-state index in [9.17, 15) is 4.39 Å². The van der Waals surface area contributed by atoms with E-state index in [0.717, 1.165) is 29.0 Å². The molecule has 1 aliphatic rings. The van der Waals surface area contributed by atoms with Crippen LogP contribution in [-0.4, -0.2) is 18.1 Å². The van der Waals surface area contributed by atoms with Crippen molar-refractivity contribution in [3.05, 3.63) is 34.6 Å². The van der Waals surface area contributed by atoms with Gasteiger partial charge in [0.25, 0.3) is 0 Å². The van der Waals surface area contributed by atoms with Crippen LogP contribution in [0.15, 0.2) is 12.1 Å². The number of halogens is 1. The van der Waals surface area contributed by atoms with E-state index in [2.05, 4.69) is 18.3 Å². The summed E-state index contributed by atoms with van der Waals surface area (Å²) in [5.41, 5.74) is 2.97. The van der Waals surface area contributed by atoms with Crippen molar-refractivity contribution in [3.8, 4) is 0 Å². The second kappa shape index (κ2) is 6.07. The Morgan fingerprint density at radius 1 is 1.44 bits per heavy atom. The Morgan fingerprint density at radius 3 is 2.78 bits per heavy atom. The normalized spacial score (nSPS) is 21.2. The van der Waals surface area contributed by atoms with Gasteiger partial charge in [-0.1, -0.05) is 13.0 Å². The van der Waals surface area contributed by atoms with Crippen molar-refractivity contribution in [1.82, 2.24) is 5.32 Å².